The molecule has 2 unspecified atom stereocenters. The molecule has 138 valence electrons. The van der Waals surface area contributed by atoms with Gasteiger partial charge >= 0.3 is 0 Å². The predicted molar refractivity (Wildman–Crippen MR) is 108 cm³/mol. The largest absolute Gasteiger partial charge is 0.386 e. The number of rotatable bonds is 7. The number of aromatic nitrogens is 2. The predicted octanol–water partition coefficient (Wildman–Crippen LogP) is 2.63. The lowest BCUT2D eigenvalue weighted by atomic mass is 10.2. The van der Waals surface area contributed by atoms with Crippen LogP contribution in [-0.4, -0.2) is 41.0 Å². The maximum absolute atomic E-state index is 10.5. The molecule has 3 N–H and O–H groups in total. The van der Waals surface area contributed by atoms with E-state index in [9.17, 15) is 5.11 Å². The molecule has 2 aromatic heterocycles. The SMILES string of the molecule is CN=C(NCC(C)Cn1cccn1)NCC(O)c1cc2ccccc2s1. The van der Waals surface area contributed by atoms with Crippen molar-refractivity contribution in [2.45, 2.75) is 19.6 Å². The maximum Gasteiger partial charge on any atom is 0.191 e. The molecule has 2 atom stereocenters. The molecule has 0 spiro atoms. The van der Waals surface area contributed by atoms with Gasteiger partial charge in [0.25, 0.3) is 0 Å². The van der Waals surface area contributed by atoms with Crippen molar-refractivity contribution in [2.24, 2.45) is 10.9 Å². The summed E-state index contributed by atoms with van der Waals surface area (Å²) in [5.41, 5.74) is 0. The Hall–Kier alpha value is -2.38. The Labute approximate surface area is 157 Å². The Morgan fingerprint density at radius 2 is 2.08 bits per heavy atom. The van der Waals surface area contributed by atoms with Gasteiger partial charge in [-0.15, -0.1) is 11.3 Å². The van der Waals surface area contributed by atoms with Gasteiger partial charge < -0.3 is 15.7 Å². The Morgan fingerprint density at radius 3 is 2.81 bits per heavy atom. The molecule has 0 saturated heterocycles. The van der Waals surface area contributed by atoms with E-state index >= 15 is 0 Å². The summed E-state index contributed by atoms with van der Waals surface area (Å²) in [6.07, 6.45) is 3.19. The standard InChI is InChI=1S/C19H25N5OS/c1-14(13-24-9-5-8-23-24)11-21-19(20-2)22-12-16(25)18-10-15-6-3-4-7-17(15)26-18/h3-10,14,16,25H,11-13H2,1-2H3,(H2,20,21,22). The first-order chi connectivity index (χ1) is 12.7. The second-order valence-electron chi connectivity index (χ2n) is 6.37. The second kappa shape index (κ2) is 8.82. The fourth-order valence-corrected chi connectivity index (χ4v) is 3.80. The van der Waals surface area contributed by atoms with Crippen molar-refractivity contribution in [3.8, 4) is 0 Å². The minimum atomic E-state index is -0.563. The Kier molecular flexibility index (Phi) is 6.25. The van der Waals surface area contributed by atoms with Crippen molar-refractivity contribution in [2.75, 3.05) is 20.1 Å². The lowest BCUT2D eigenvalue weighted by Gasteiger charge is -2.17. The summed E-state index contributed by atoms with van der Waals surface area (Å²) in [7, 11) is 1.74. The number of aliphatic imine (C=N–C) groups is 1. The van der Waals surface area contributed by atoms with E-state index in [4.69, 9.17) is 0 Å². The topological polar surface area (TPSA) is 74.5 Å². The molecule has 0 amide bonds. The summed E-state index contributed by atoms with van der Waals surface area (Å²) < 4.78 is 3.12. The van der Waals surface area contributed by atoms with E-state index in [1.54, 1.807) is 24.6 Å². The van der Waals surface area contributed by atoms with Crippen molar-refractivity contribution < 1.29 is 5.11 Å². The summed E-state index contributed by atoms with van der Waals surface area (Å²) in [6.45, 7) is 4.20. The molecule has 0 bridgehead atoms. The van der Waals surface area contributed by atoms with Crippen molar-refractivity contribution in [3.05, 3.63) is 53.7 Å². The highest BCUT2D eigenvalue weighted by Gasteiger charge is 2.12. The molecule has 2 heterocycles. The molecule has 26 heavy (non-hydrogen) atoms. The number of aliphatic hydroxyl groups excluding tert-OH is 1. The first-order valence-corrected chi connectivity index (χ1v) is 9.56. The Bertz CT molecular complexity index is 810. The van der Waals surface area contributed by atoms with Gasteiger partial charge in [-0.05, 0) is 29.5 Å². The summed E-state index contributed by atoms with van der Waals surface area (Å²) in [6, 6.07) is 12.1. The van der Waals surface area contributed by atoms with Crippen LogP contribution in [0.5, 0.6) is 0 Å². The Balaban J connectivity index is 1.47. The number of hydrogen-bond donors (Lipinski definition) is 3. The lowest BCUT2D eigenvalue weighted by molar-refractivity contribution is 0.184. The van der Waals surface area contributed by atoms with Gasteiger partial charge in [-0.25, -0.2) is 0 Å². The van der Waals surface area contributed by atoms with Crippen LogP contribution >= 0.6 is 11.3 Å². The molecule has 3 rings (SSSR count). The number of thiophene rings is 1. The average Bonchev–Trinajstić information content (AvgIpc) is 3.30. The highest BCUT2D eigenvalue weighted by molar-refractivity contribution is 7.19. The van der Waals surface area contributed by atoms with Gasteiger partial charge in [0.15, 0.2) is 5.96 Å². The van der Waals surface area contributed by atoms with Crippen molar-refractivity contribution >= 4 is 27.4 Å². The molecule has 1 aromatic carbocycles. The van der Waals surface area contributed by atoms with E-state index in [-0.39, 0.29) is 0 Å². The third kappa shape index (κ3) is 4.83. The third-order valence-electron chi connectivity index (χ3n) is 4.14. The number of aliphatic hydroxyl groups is 1. The minimum Gasteiger partial charge on any atom is -0.386 e. The molecule has 0 radical (unpaired) electrons. The van der Waals surface area contributed by atoms with Crippen LogP contribution in [0.1, 0.15) is 17.9 Å². The second-order valence-corrected chi connectivity index (χ2v) is 7.49. The van der Waals surface area contributed by atoms with E-state index < -0.39 is 6.10 Å². The number of fused-ring (bicyclic) bond motifs is 1. The quantitative estimate of drug-likeness (QED) is 0.441. The van der Waals surface area contributed by atoms with E-state index in [0.29, 0.717) is 18.4 Å². The number of nitrogens with zero attached hydrogens (tertiary/aromatic N) is 3. The molecular formula is C19H25N5OS. The maximum atomic E-state index is 10.5. The average molecular weight is 372 g/mol. The molecule has 0 aliphatic heterocycles. The van der Waals surface area contributed by atoms with Gasteiger partial charge in [0.05, 0.1) is 0 Å². The zero-order valence-corrected chi connectivity index (χ0v) is 15.9. The summed E-state index contributed by atoms with van der Waals surface area (Å²) in [4.78, 5) is 5.19. The molecule has 0 aliphatic carbocycles. The van der Waals surface area contributed by atoms with Crippen LogP contribution in [-0.2, 0) is 6.54 Å². The third-order valence-corrected chi connectivity index (χ3v) is 5.35. The van der Waals surface area contributed by atoms with E-state index in [2.05, 4.69) is 45.8 Å². The minimum absolute atomic E-state index is 0.404. The summed E-state index contributed by atoms with van der Waals surface area (Å²) in [5, 5.41) is 22.4. The van der Waals surface area contributed by atoms with Crippen LogP contribution < -0.4 is 10.6 Å². The zero-order valence-electron chi connectivity index (χ0n) is 15.1. The molecule has 0 aliphatic rings. The van der Waals surface area contributed by atoms with Crippen LogP contribution in [0.3, 0.4) is 0 Å². The summed E-state index contributed by atoms with van der Waals surface area (Å²) >= 11 is 1.63. The Morgan fingerprint density at radius 1 is 1.27 bits per heavy atom. The van der Waals surface area contributed by atoms with Gasteiger partial charge in [-0.2, -0.15) is 5.10 Å². The van der Waals surface area contributed by atoms with E-state index in [1.165, 1.54) is 10.1 Å². The molecular weight excluding hydrogens is 346 g/mol. The first kappa shape index (κ1) is 18.4. The van der Waals surface area contributed by atoms with Crippen molar-refractivity contribution in [1.82, 2.24) is 20.4 Å². The molecule has 3 aromatic rings. The van der Waals surface area contributed by atoms with Crippen molar-refractivity contribution in [3.63, 3.8) is 0 Å². The number of nitrogens with one attached hydrogen (secondary N) is 2. The van der Waals surface area contributed by atoms with Gasteiger partial charge in [0.2, 0.25) is 0 Å². The van der Waals surface area contributed by atoms with Crippen LogP contribution in [0.15, 0.2) is 53.8 Å². The van der Waals surface area contributed by atoms with Gasteiger partial charge in [-0.3, -0.25) is 9.67 Å². The van der Waals surface area contributed by atoms with Crippen LogP contribution in [0.25, 0.3) is 10.1 Å². The van der Waals surface area contributed by atoms with Crippen molar-refractivity contribution in [1.29, 1.82) is 0 Å². The van der Waals surface area contributed by atoms with Crippen LogP contribution in [0, 0.1) is 5.92 Å². The lowest BCUT2D eigenvalue weighted by Crippen LogP contribution is -2.41. The fraction of sp³-hybridized carbons (Fsp3) is 0.368. The highest BCUT2D eigenvalue weighted by atomic mass is 32.1. The fourth-order valence-electron chi connectivity index (χ4n) is 2.74. The first-order valence-electron chi connectivity index (χ1n) is 8.74. The monoisotopic (exact) mass is 371 g/mol. The molecule has 0 saturated carbocycles. The van der Waals surface area contributed by atoms with E-state index in [1.807, 2.05) is 29.1 Å². The summed E-state index contributed by atoms with van der Waals surface area (Å²) in [5.74, 6) is 1.10. The smallest absolute Gasteiger partial charge is 0.191 e. The van der Waals surface area contributed by atoms with E-state index in [0.717, 1.165) is 18.0 Å². The normalized spacial score (nSPS) is 14.3. The van der Waals surface area contributed by atoms with Crippen LogP contribution in [0.4, 0.5) is 0 Å². The van der Waals surface area contributed by atoms with Crippen LogP contribution in [0.2, 0.25) is 0 Å². The van der Waals surface area contributed by atoms with Gasteiger partial charge in [0.1, 0.15) is 6.10 Å². The van der Waals surface area contributed by atoms with Gasteiger partial charge in [-0.1, -0.05) is 25.1 Å². The number of benzene rings is 1. The molecule has 7 heteroatoms. The zero-order chi connectivity index (χ0) is 18.4. The highest BCUT2D eigenvalue weighted by Crippen LogP contribution is 2.29. The van der Waals surface area contributed by atoms with Gasteiger partial charge in [0, 0.05) is 48.7 Å². The molecule has 0 fully saturated rings. The number of guanidine groups is 1. The molecule has 6 nitrogen and oxygen atoms in total. The number of hydrogen-bond acceptors (Lipinski definition) is 4.